The Labute approximate surface area is 261 Å². The van der Waals surface area contributed by atoms with Gasteiger partial charge in [0.05, 0.1) is 27.6 Å². The van der Waals surface area contributed by atoms with Crippen molar-refractivity contribution in [1.82, 2.24) is 9.66 Å². The van der Waals surface area contributed by atoms with Crippen molar-refractivity contribution < 1.29 is 27.6 Å². The van der Waals surface area contributed by atoms with Crippen LogP contribution in [0.1, 0.15) is 11.1 Å². The van der Waals surface area contributed by atoms with E-state index in [0.29, 0.717) is 10.7 Å². The lowest BCUT2D eigenvalue weighted by molar-refractivity contribution is -0.385. The van der Waals surface area contributed by atoms with Gasteiger partial charge in [0.15, 0.2) is 12.4 Å². The molecule has 0 fully saturated rings. The zero-order valence-corrected chi connectivity index (χ0v) is 24.1. The summed E-state index contributed by atoms with van der Waals surface area (Å²) in [5.41, 5.74) is -1.89. The summed E-state index contributed by atoms with van der Waals surface area (Å²) in [5, 5.41) is 19.1. The van der Waals surface area contributed by atoms with Gasteiger partial charge in [-0.25, -0.2) is 4.98 Å². The number of halogens is 5. The molecule has 0 saturated heterocycles. The van der Waals surface area contributed by atoms with Crippen molar-refractivity contribution in [2.75, 3.05) is 11.9 Å². The van der Waals surface area contributed by atoms with Crippen LogP contribution in [0.25, 0.3) is 22.3 Å². The summed E-state index contributed by atoms with van der Waals surface area (Å²) >= 11 is 12.0. The topological polar surface area (TPSA) is 129 Å². The number of anilines is 1. The van der Waals surface area contributed by atoms with Crippen LogP contribution in [0.4, 0.5) is 24.5 Å². The number of para-hydroxylation sites is 1. The molecule has 1 N–H and O–H groups in total. The fourth-order valence-corrected chi connectivity index (χ4v) is 4.58. The SMILES string of the molecule is O=C(COc1c(C=Nn2c(-c3cccc(C(F)(F)F)c3)nc3ccccc3c2=O)cc(Cl)cc1[N+](=O)[O-])Nc1ccc(Cl)cc1. The number of carbonyl (C=O) groups excluding carboxylic acids is 1. The van der Waals surface area contributed by atoms with E-state index in [-0.39, 0.29) is 32.9 Å². The normalized spacial score (nSPS) is 11.6. The molecule has 5 rings (SSSR count). The maximum atomic E-state index is 13.5. The zero-order valence-electron chi connectivity index (χ0n) is 22.6. The Morgan fingerprint density at radius 1 is 1.02 bits per heavy atom. The van der Waals surface area contributed by atoms with E-state index in [2.05, 4.69) is 15.4 Å². The van der Waals surface area contributed by atoms with Crippen molar-refractivity contribution in [2.24, 2.45) is 5.10 Å². The zero-order chi connectivity index (χ0) is 32.3. The van der Waals surface area contributed by atoms with E-state index in [1.807, 2.05) is 0 Å². The summed E-state index contributed by atoms with van der Waals surface area (Å²) in [5.74, 6) is -1.30. The third-order valence-electron chi connectivity index (χ3n) is 6.25. The lowest BCUT2D eigenvalue weighted by Gasteiger charge is -2.13. The smallest absolute Gasteiger partial charge is 0.416 e. The molecule has 0 aliphatic rings. The maximum Gasteiger partial charge on any atom is 0.416 e. The van der Waals surface area contributed by atoms with E-state index in [4.69, 9.17) is 27.9 Å². The highest BCUT2D eigenvalue weighted by Crippen LogP contribution is 2.35. The van der Waals surface area contributed by atoms with Crippen LogP contribution in [0.2, 0.25) is 10.0 Å². The third-order valence-corrected chi connectivity index (χ3v) is 6.72. The van der Waals surface area contributed by atoms with Crippen molar-refractivity contribution in [2.45, 2.75) is 6.18 Å². The third kappa shape index (κ3) is 7.11. The number of nitrogens with zero attached hydrogens (tertiary/aromatic N) is 4. The molecular weight excluding hydrogens is 638 g/mol. The highest BCUT2D eigenvalue weighted by molar-refractivity contribution is 6.31. The molecule has 10 nitrogen and oxygen atoms in total. The second-order valence-electron chi connectivity index (χ2n) is 9.34. The fourth-order valence-electron chi connectivity index (χ4n) is 4.23. The molecule has 1 heterocycles. The monoisotopic (exact) mass is 655 g/mol. The van der Waals surface area contributed by atoms with E-state index >= 15 is 0 Å². The minimum Gasteiger partial charge on any atom is -0.476 e. The summed E-state index contributed by atoms with van der Waals surface area (Å²) < 4.78 is 46.8. The van der Waals surface area contributed by atoms with E-state index < -0.39 is 46.2 Å². The molecule has 0 aliphatic carbocycles. The number of alkyl halides is 3. The van der Waals surface area contributed by atoms with Crippen LogP contribution in [-0.2, 0) is 11.0 Å². The Bertz CT molecular complexity index is 2030. The average Bonchev–Trinajstić information content (AvgIpc) is 3.00. The molecule has 0 aliphatic heterocycles. The van der Waals surface area contributed by atoms with Crippen molar-refractivity contribution in [3.05, 3.63) is 127 Å². The van der Waals surface area contributed by atoms with Gasteiger partial charge in [0, 0.05) is 32.9 Å². The molecule has 5 aromatic rings. The first-order chi connectivity index (χ1) is 21.4. The molecule has 1 amide bonds. The standard InChI is InChI=1S/C30H18Cl2F3N5O5/c31-20-8-10-22(11-9-20)37-26(41)16-45-27-18(13-21(32)14-25(27)40(43)44)15-36-39-28(17-4-3-5-19(12-17)30(33,34)35)38-24-7-2-1-6-23(24)29(39)42/h1-15H,16H2,(H,37,41). The molecule has 45 heavy (non-hydrogen) atoms. The van der Waals surface area contributed by atoms with Gasteiger partial charge in [0.2, 0.25) is 5.75 Å². The molecule has 4 aromatic carbocycles. The molecule has 1 aromatic heterocycles. The predicted octanol–water partition coefficient (Wildman–Crippen LogP) is 7.20. The molecule has 0 radical (unpaired) electrons. The van der Waals surface area contributed by atoms with Gasteiger partial charge in [0.1, 0.15) is 0 Å². The highest BCUT2D eigenvalue weighted by Gasteiger charge is 2.31. The number of rotatable bonds is 8. The molecule has 15 heteroatoms. The predicted molar refractivity (Wildman–Crippen MR) is 163 cm³/mol. The van der Waals surface area contributed by atoms with Gasteiger partial charge in [-0.05, 0) is 54.6 Å². The Hall–Kier alpha value is -5.27. The molecule has 0 bridgehead atoms. The Balaban J connectivity index is 1.58. The average molecular weight is 656 g/mol. The Morgan fingerprint density at radius 3 is 2.47 bits per heavy atom. The number of fused-ring (bicyclic) bond motifs is 1. The first-order valence-corrected chi connectivity index (χ1v) is 13.6. The van der Waals surface area contributed by atoms with Crippen molar-refractivity contribution in [3.8, 4) is 17.1 Å². The Kier molecular flexibility index (Phi) is 8.84. The number of nitrogens with one attached hydrogen (secondary N) is 1. The van der Waals surface area contributed by atoms with Crippen molar-refractivity contribution >= 4 is 57.6 Å². The first-order valence-electron chi connectivity index (χ1n) is 12.8. The number of nitro benzene ring substituents is 1. The van der Waals surface area contributed by atoms with Crippen LogP contribution >= 0.6 is 23.2 Å². The summed E-state index contributed by atoms with van der Waals surface area (Å²) in [7, 11) is 0. The highest BCUT2D eigenvalue weighted by atomic mass is 35.5. The van der Waals surface area contributed by atoms with Gasteiger partial charge in [-0.2, -0.15) is 22.9 Å². The molecule has 0 spiro atoms. The van der Waals surface area contributed by atoms with E-state index in [1.54, 1.807) is 36.4 Å². The number of nitro groups is 1. The fraction of sp³-hybridized carbons (Fsp3) is 0.0667. The largest absolute Gasteiger partial charge is 0.476 e. The second-order valence-corrected chi connectivity index (χ2v) is 10.2. The molecule has 0 atom stereocenters. The second kappa shape index (κ2) is 12.8. The minimum absolute atomic E-state index is 0.0720. The van der Waals surface area contributed by atoms with Crippen LogP contribution < -0.4 is 15.6 Å². The first kappa shape index (κ1) is 31.2. The van der Waals surface area contributed by atoms with E-state index in [0.717, 1.165) is 35.2 Å². The van der Waals surface area contributed by atoms with Gasteiger partial charge in [-0.15, -0.1) is 0 Å². The summed E-state index contributed by atoms with van der Waals surface area (Å²) in [6, 6.07) is 18.8. The van der Waals surface area contributed by atoms with Gasteiger partial charge >= 0.3 is 11.9 Å². The van der Waals surface area contributed by atoms with Gasteiger partial charge < -0.3 is 10.1 Å². The van der Waals surface area contributed by atoms with E-state index in [9.17, 15) is 32.9 Å². The molecular formula is C30H18Cl2F3N5O5. The summed E-state index contributed by atoms with van der Waals surface area (Å²) in [6.07, 6.45) is -3.67. The molecule has 0 saturated carbocycles. The molecule has 0 unspecified atom stereocenters. The number of hydrogen-bond acceptors (Lipinski definition) is 7. The number of amides is 1. The lowest BCUT2D eigenvalue weighted by atomic mass is 10.1. The summed E-state index contributed by atoms with van der Waals surface area (Å²) in [4.78, 5) is 41.5. The van der Waals surface area contributed by atoms with Crippen molar-refractivity contribution in [1.29, 1.82) is 0 Å². The Morgan fingerprint density at radius 2 is 1.76 bits per heavy atom. The number of aromatic nitrogens is 2. The van der Waals surface area contributed by atoms with Gasteiger partial charge in [-0.3, -0.25) is 19.7 Å². The van der Waals surface area contributed by atoms with Gasteiger partial charge in [-0.1, -0.05) is 47.5 Å². The number of carbonyl (C=O) groups is 1. The van der Waals surface area contributed by atoms with Crippen LogP contribution in [0, 0.1) is 10.1 Å². The lowest BCUT2D eigenvalue weighted by Crippen LogP contribution is -2.21. The van der Waals surface area contributed by atoms with E-state index in [1.165, 1.54) is 24.3 Å². The van der Waals surface area contributed by atoms with Crippen molar-refractivity contribution in [3.63, 3.8) is 0 Å². The van der Waals surface area contributed by atoms with Crippen LogP contribution in [0.5, 0.6) is 5.75 Å². The van der Waals surface area contributed by atoms with Crippen LogP contribution in [0.3, 0.4) is 0 Å². The molecule has 228 valence electrons. The summed E-state index contributed by atoms with van der Waals surface area (Å²) in [6.45, 7) is -0.668. The van der Waals surface area contributed by atoms with Crippen LogP contribution in [0.15, 0.2) is 94.8 Å². The minimum atomic E-state index is -4.67. The number of hydrogen-bond donors (Lipinski definition) is 1. The maximum absolute atomic E-state index is 13.5. The number of benzene rings is 4. The quantitative estimate of drug-likeness (QED) is 0.107. The number of ether oxygens (including phenoxy) is 1. The van der Waals surface area contributed by atoms with Gasteiger partial charge in [0.25, 0.3) is 11.5 Å². The van der Waals surface area contributed by atoms with Crippen LogP contribution in [-0.4, -0.2) is 33.3 Å².